The van der Waals surface area contributed by atoms with Gasteiger partial charge in [-0.15, -0.1) is 11.3 Å². The molecule has 0 aliphatic rings. The van der Waals surface area contributed by atoms with Crippen LogP contribution in [0.3, 0.4) is 0 Å². The van der Waals surface area contributed by atoms with Crippen LogP contribution >= 0.6 is 11.3 Å². The van der Waals surface area contributed by atoms with Gasteiger partial charge in [0.15, 0.2) is 5.65 Å². The first-order chi connectivity index (χ1) is 9.24. The summed E-state index contributed by atoms with van der Waals surface area (Å²) in [7, 11) is 0. The number of thiazole rings is 1. The van der Waals surface area contributed by atoms with E-state index in [-0.39, 0.29) is 0 Å². The van der Waals surface area contributed by atoms with Crippen LogP contribution < -0.4 is 5.32 Å². The van der Waals surface area contributed by atoms with E-state index in [1.807, 2.05) is 28.8 Å². The number of aromatic nitrogens is 4. The SMILES string of the molecule is CC(C)n1ncc2cc(NCc3cncs3)cnc21. The lowest BCUT2D eigenvalue weighted by atomic mass is 10.3. The van der Waals surface area contributed by atoms with Gasteiger partial charge >= 0.3 is 0 Å². The second-order valence-corrected chi connectivity index (χ2v) is 5.61. The zero-order valence-electron chi connectivity index (χ0n) is 10.9. The Labute approximate surface area is 115 Å². The van der Waals surface area contributed by atoms with E-state index in [4.69, 9.17) is 0 Å². The molecule has 1 N–H and O–H groups in total. The molecule has 0 aromatic carbocycles. The molecule has 5 nitrogen and oxygen atoms in total. The van der Waals surface area contributed by atoms with Crippen LogP contribution in [-0.2, 0) is 6.54 Å². The second kappa shape index (κ2) is 4.97. The van der Waals surface area contributed by atoms with Crippen LogP contribution in [-0.4, -0.2) is 19.7 Å². The van der Waals surface area contributed by atoms with Crippen molar-refractivity contribution in [2.24, 2.45) is 0 Å². The van der Waals surface area contributed by atoms with Gasteiger partial charge < -0.3 is 5.32 Å². The van der Waals surface area contributed by atoms with Crippen LogP contribution in [0.15, 0.2) is 30.2 Å². The molecule has 3 rings (SSSR count). The number of nitrogens with zero attached hydrogens (tertiary/aromatic N) is 4. The van der Waals surface area contributed by atoms with Gasteiger partial charge in [0.25, 0.3) is 0 Å². The molecule has 98 valence electrons. The second-order valence-electron chi connectivity index (χ2n) is 4.64. The molecule has 3 aromatic heterocycles. The van der Waals surface area contributed by atoms with Crippen LogP contribution in [0.25, 0.3) is 11.0 Å². The van der Waals surface area contributed by atoms with Gasteiger partial charge in [-0.2, -0.15) is 5.10 Å². The first-order valence-corrected chi connectivity index (χ1v) is 7.06. The molecule has 0 saturated carbocycles. The first-order valence-electron chi connectivity index (χ1n) is 6.18. The number of fused-ring (bicyclic) bond motifs is 1. The summed E-state index contributed by atoms with van der Waals surface area (Å²) in [6.45, 7) is 4.98. The predicted octanol–water partition coefficient (Wildman–Crippen LogP) is 3.08. The maximum atomic E-state index is 4.49. The van der Waals surface area contributed by atoms with Gasteiger partial charge in [0.1, 0.15) is 0 Å². The summed E-state index contributed by atoms with van der Waals surface area (Å²) in [6.07, 6.45) is 5.59. The minimum atomic E-state index is 0.320. The maximum Gasteiger partial charge on any atom is 0.158 e. The summed E-state index contributed by atoms with van der Waals surface area (Å²) in [4.78, 5) is 9.75. The number of hydrogen-bond acceptors (Lipinski definition) is 5. The van der Waals surface area contributed by atoms with Crippen LogP contribution in [0.4, 0.5) is 5.69 Å². The molecule has 0 saturated heterocycles. The highest BCUT2D eigenvalue weighted by atomic mass is 32.1. The van der Waals surface area contributed by atoms with Crippen molar-refractivity contribution in [1.82, 2.24) is 19.7 Å². The Morgan fingerprint density at radius 3 is 2.95 bits per heavy atom. The molecule has 0 bridgehead atoms. The fraction of sp³-hybridized carbons (Fsp3) is 0.308. The zero-order valence-corrected chi connectivity index (χ0v) is 11.7. The number of hydrogen-bond donors (Lipinski definition) is 1. The Morgan fingerprint density at radius 2 is 2.21 bits per heavy atom. The highest BCUT2D eigenvalue weighted by molar-refractivity contribution is 7.09. The number of rotatable bonds is 4. The molecule has 0 aliphatic carbocycles. The summed E-state index contributed by atoms with van der Waals surface area (Å²) in [6, 6.07) is 2.40. The van der Waals surface area contributed by atoms with Crippen molar-refractivity contribution in [2.45, 2.75) is 26.4 Å². The molecule has 19 heavy (non-hydrogen) atoms. The number of pyridine rings is 1. The first kappa shape index (κ1) is 12.1. The molecular weight excluding hydrogens is 258 g/mol. The van der Waals surface area contributed by atoms with E-state index in [0.29, 0.717) is 6.04 Å². The fourth-order valence-electron chi connectivity index (χ4n) is 1.93. The Morgan fingerprint density at radius 1 is 1.32 bits per heavy atom. The van der Waals surface area contributed by atoms with Gasteiger partial charge in [-0.1, -0.05) is 0 Å². The van der Waals surface area contributed by atoms with Crippen LogP contribution in [0.1, 0.15) is 24.8 Å². The lowest BCUT2D eigenvalue weighted by molar-refractivity contribution is 0.546. The summed E-state index contributed by atoms with van der Waals surface area (Å²) in [5, 5.41) is 8.77. The quantitative estimate of drug-likeness (QED) is 0.793. The molecule has 0 radical (unpaired) electrons. The lowest BCUT2D eigenvalue weighted by Gasteiger charge is -2.07. The van der Waals surface area contributed by atoms with Crippen LogP contribution in [0.2, 0.25) is 0 Å². The highest BCUT2D eigenvalue weighted by Crippen LogP contribution is 2.19. The van der Waals surface area contributed by atoms with E-state index in [2.05, 4.69) is 40.3 Å². The van der Waals surface area contributed by atoms with Gasteiger partial charge in [-0.05, 0) is 19.9 Å². The Hall–Kier alpha value is -1.95. The normalized spacial score (nSPS) is 11.3. The molecule has 3 aromatic rings. The summed E-state index contributed by atoms with van der Waals surface area (Å²) >= 11 is 1.64. The maximum absolute atomic E-state index is 4.49. The average Bonchev–Trinajstić information content (AvgIpc) is 3.05. The van der Waals surface area contributed by atoms with E-state index < -0.39 is 0 Å². The van der Waals surface area contributed by atoms with E-state index in [0.717, 1.165) is 23.3 Å². The summed E-state index contributed by atoms with van der Waals surface area (Å²) in [5.41, 5.74) is 3.77. The van der Waals surface area contributed by atoms with Crippen molar-refractivity contribution in [3.63, 3.8) is 0 Å². The minimum Gasteiger partial charge on any atom is -0.379 e. The van der Waals surface area contributed by atoms with Crippen molar-refractivity contribution in [3.05, 3.63) is 35.0 Å². The topological polar surface area (TPSA) is 55.6 Å². The van der Waals surface area contributed by atoms with Crippen molar-refractivity contribution in [1.29, 1.82) is 0 Å². The van der Waals surface area contributed by atoms with E-state index in [1.54, 1.807) is 11.3 Å². The smallest absolute Gasteiger partial charge is 0.158 e. The summed E-state index contributed by atoms with van der Waals surface area (Å²) in [5.74, 6) is 0. The average molecular weight is 273 g/mol. The predicted molar refractivity (Wildman–Crippen MR) is 77.4 cm³/mol. The largest absolute Gasteiger partial charge is 0.379 e. The van der Waals surface area contributed by atoms with Crippen LogP contribution in [0.5, 0.6) is 0 Å². The standard InChI is InChI=1S/C13H15N5S/c1-9(2)18-13-10(4-17-18)3-11(5-16-13)15-7-12-6-14-8-19-12/h3-6,8-9,15H,7H2,1-2H3. The van der Waals surface area contributed by atoms with E-state index in [1.165, 1.54) is 4.88 Å². The lowest BCUT2D eigenvalue weighted by Crippen LogP contribution is -2.03. The Balaban J connectivity index is 1.82. The van der Waals surface area contributed by atoms with Crippen molar-refractivity contribution < 1.29 is 0 Å². The number of nitrogens with one attached hydrogen (secondary N) is 1. The zero-order chi connectivity index (χ0) is 13.2. The van der Waals surface area contributed by atoms with Crippen molar-refractivity contribution in [3.8, 4) is 0 Å². The molecule has 6 heteroatoms. The third kappa shape index (κ3) is 2.44. The van der Waals surface area contributed by atoms with Gasteiger partial charge in [-0.3, -0.25) is 4.98 Å². The third-order valence-electron chi connectivity index (χ3n) is 2.87. The van der Waals surface area contributed by atoms with Gasteiger partial charge in [0.2, 0.25) is 0 Å². The molecule has 0 spiro atoms. The minimum absolute atomic E-state index is 0.320. The van der Waals surface area contributed by atoms with Crippen LogP contribution in [0, 0.1) is 0 Å². The monoisotopic (exact) mass is 273 g/mol. The molecule has 0 atom stereocenters. The molecule has 3 heterocycles. The van der Waals surface area contributed by atoms with Gasteiger partial charge in [-0.25, -0.2) is 9.67 Å². The van der Waals surface area contributed by atoms with Crippen molar-refractivity contribution >= 4 is 28.1 Å². The Kier molecular flexibility index (Phi) is 3.16. The molecule has 0 unspecified atom stereocenters. The fourth-order valence-corrected chi connectivity index (χ4v) is 2.47. The van der Waals surface area contributed by atoms with Gasteiger partial charge in [0.05, 0.1) is 30.1 Å². The third-order valence-corrected chi connectivity index (χ3v) is 3.65. The molecular formula is C13H15N5S. The van der Waals surface area contributed by atoms with E-state index >= 15 is 0 Å². The van der Waals surface area contributed by atoms with Crippen molar-refractivity contribution in [2.75, 3.05) is 5.32 Å². The highest BCUT2D eigenvalue weighted by Gasteiger charge is 2.07. The molecule has 0 amide bonds. The van der Waals surface area contributed by atoms with E-state index in [9.17, 15) is 0 Å². The molecule has 0 aliphatic heterocycles. The molecule has 0 fully saturated rings. The Bertz CT molecular complexity index is 671. The number of anilines is 1. The van der Waals surface area contributed by atoms with Gasteiger partial charge in [0, 0.05) is 22.5 Å². The summed E-state index contributed by atoms with van der Waals surface area (Å²) < 4.78 is 1.93.